The maximum Gasteiger partial charge on any atom is 0.0948 e. The molecule has 1 rings (SSSR count). The summed E-state index contributed by atoms with van der Waals surface area (Å²) >= 11 is 0. The van der Waals surface area contributed by atoms with Crippen molar-refractivity contribution in [1.82, 2.24) is 14.9 Å². The minimum atomic E-state index is -0.0300. The van der Waals surface area contributed by atoms with E-state index in [2.05, 4.69) is 28.7 Å². The lowest BCUT2D eigenvalue weighted by Crippen LogP contribution is -2.35. The van der Waals surface area contributed by atoms with Crippen molar-refractivity contribution in [2.24, 2.45) is 0 Å². The maximum absolute atomic E-state index is 5.04. The van der Waals surface area contributed by atoms with E-state index >= 15 is 0 Å². The molecule has 0 aliphatic carbocycles. The third-order valence-electron chi connectivity index (χ3n) is 2.98. The van der Waals surface area contributed by atoms with Crippen molar-refractivity contribution in [2.75, 3.05) is 20.8 Å². The number of nitrogens with zero attached hydrogens (tertiary/aromatic N) is 2. The molecule has 0 radical (unpaired) electrons. The number of hydrogen-bond donors (Lipinski definition) is 1. The van der Waals surface area contributed by atoms with Crippen LogP contribution in [0.4, 0.5) is 0 Å². The summed E-state index contributed by atoms with van der Waals surface area (Å²) in [5, 5.41) is 3.30. The Bertz CT molecular complexity index is 307. The highest BCUT2D eigenvalue weighted by atomic mass is 16.5. The number of unbranched alkanes of at least 4 members (excludes halogenated alkanes) is 1. The Morgan fingerprint density at radius 1 is 1.44 bits per heavy atom. The first kappa shape index (κ1) is 13.2. The van der Waals surface area contributed by atoms with Crippen LogP contribution >= 0.6 is 0 Å². The summed E-state index contributed by atoms with van der Waals surface area (Å²) in [7, 11) is 3.72. The molecule has 4 nitrogen and oxygen atoms in total. The number of imidazole rings is 1. The largest absolute Gasteiger partial charge is 0.385 e. The van der Waals surface area contributed by atoms with Crippen molar-refractivity contribution in [1.29, 1.82) is 0 Å². The monoisotopic (exact) mass is 225 g/mol. The molecule has 0 amide bonds. The zero-order valence-electron chi connectivity index (χ0n) is 10.8. The third-order valence-corrected chi connectivity index (χ3v) is 2.98. The van der Waals surface area contributed by atoms with Gasteiger partial charge in [-0.2, -0.15) is 0 Å². The zero-order valence-corrected chi connectivity index (χ0v) is 10.8. The molecule has 0 fully saturated rings. The van der Waals surface area contributed by atoms with Crippen molar-refractivity contribution in [3.8, 4) is 0 Å². The van der Waals surface area contributed by atoms with Gasteiger partial charge in [-0.1, -0.05) is 0 Å². The number of nitrogens with one attached hydrogen (secondary N) is 1. The second-order valence-electron chi connectivity index (χ2n) is 4.55. The first-order valence-electron chi connectivity index (χ1n) is 5.80. The van der Waals surface area contributed by atoms with Crippen molar-refractivity contribution in [3.63, 3.8) is 0 Å². The number of ether oxygens (including phenoxy) is 1. The summed E-state index contributed by atoms with van der Waals surface area (Å²) < 4.78 is 7.26. The Kier molecular flexibility index (Phi) is 4.96. The molecule has 92 valence electrons. The smallest absolute Gasteiger partial charge is 0.0948 e. The van der Waals surface area contributed by atoms with Gasteiger partial charge in [-0.25, -0.2) is 4.98 Å². The van der Waals surface area contributed by atoms with Gasteiger partial charge in [-0.15, -0.1) is 0 Å². The third kappa shape index (κ3) is 3.32. The molecule has 0 atom stereocenters. The highest BCUT2D eigenvalue weighted by Gasteiger charge is 2.21. The Hall–Kier alpha value is -0.870. The van der Waals surface area contributed by atoms with Crippen LogP contribution in [0.5, 0.6) is 0 Å². The lowest BCUT2D eigenvalue weighted by atomic mass is 10.0. The molecule has 0 aliphatic rings. The predicted octanol–water partition coefficient (Wildman–Crippen LogP) is 1.76. The van der Waals surface area contributed by atoms with Gasteiger partial charge >= 0.3 is 0 Å². The normalized spacial score (nSPS) is 12.0. The van der Waals surface area contributed by atoms with Crippen LogP contribution in [0.3, 0.4) is 0 Å². The molecule has 1 N–H and O–H groups in total. The lowest BCUT2D eigenvalue weighted by Gasteiger charge is -2.25. The molecule has 1 aromatic rings. The van der Waals surface area contributed by atoms with Gasteiger partial charge in [0.15, 0.2) is 0 Å². The lowest BCUT2D eigenvalue weighted by molar-refractivity contribution is 0.191. The quantitative estimate of drug-likeness (QED) is 0.719. The number of aryl methyl sites for hydroxylation is 1. The van der Waals surface area contributed by atoms with Crippen molar-refractivity contribution in [2.45, 2.75) is 38.8 Å². The van der Waals surface area contributed by atoms with E-state index in [1.807, 2.05) is 19.6 Å². The van der Waals surface area contributed by atoms with E-state index < -0.39 is 0 Å². The van der Waals surface area contributed by atoms with Crippen LogP contribution < -0.4 is 5.32 Å². The fourth-order valence-electron chi connectivity index (χ4n) is 1.68. The van der Waals surface area contributed by atoms with Gasteiger partial charge in [-0.3, -0.25) is 0 Å². The SMILES string of the molecule is CNC(C)(C)c1cncn1CCCCOC. The van der Waals surface area contributed by atoms with Gasteiger partial charge in [0.05, 0.1) is 17.6 Å². The highest BCUT2D eigenvalue weighted by molar-refractivity contribution is 5.10. The van der Waals surface area contributed by atoms with E-state index in [0.717, 1.165) is 26.0 Å². The molecule has 4 heteroatoms. The van der Waals surface area contributed by atoms with Crippen molar-refractivity contribution in [3.05, 3.63) is 18.2 Å². The molecule has 0 saturated carbocycles. The Morgan fingerprint density at radius 2 is 2.19 bits per heavy atom. The van der Waals surface area contributed by atoms with Crippen LogP contribution in [0.2, 0.25) is 0 Å². The van der Waals surface area contributed by atoms with Crippen LogP contribution in [0.15, 0.2) is 12.5 Å². The number of methoxy groups -OCH3 is 1. The number of hydrogen-bond acceptors (Lipinski definition) is 3. The molecule has 0 bridgehead atoms. The molecule has 1 aromatic heterocycles. The summed E-state index contributed by atoms with van der Waals surface area (Å²) in [5.74, 6) is 0. The first-order valence-corrected chi connectivity index (χ1v) is 5.80. The minimum Gasteiger partial charge on any atom is -0.385 e. The molecule has 0 unspecified atom stereocenters. The van der Waals surface area contributed by atoms with Crippen LogP contribution in [0.25, 0.3) is 0 Å². The molecule has 0 saturated heterocycles. The van der Waals surface area contributed by atoms with Crippen LogP contribution in [0, 0.1) is 0 Å². The van der Waals surface area contributed by atoms with Crippen LogP contribution in [0.1, 0.15) is 32.4 Å². The van der Waals surface area contributed by atoms with Gasteiger partial charge in [0.1, 0.15) is 0 Å². The molecule has 0 aliphatic heterocycles. The van der Waals surface area contributed by atoms with Crippen LogP contribution in [-0.4, -0.2) is 30.3 Å². The number of rotatable bonds is 7. The maximum atomic E-state index is 5.04. The Morgan fingerprint density at radius 3 is 2.81 bits per heavy atom. The van der Waals surface area contributed by atoms with Gasteiger partial charge in [0, 0.05) is 26.5 Å². The second-order valence-corrected chi connectivity index (χ2v) is 4.55. The van der Waals surface area contributed by atoms with Gasteiger partial charge in [0.25, 0.3) is 0 Å². The second kappa shape index (κ2) is 6.01. The Labute approximate surface area is 98.0 Å². The van der Waals surface area contributed by atoms with Gasteiger partial charge < -0.3 is 14.6 Å². The summed E-state index contributed by atoms with van der Waals surface area (Å²) in [6.07, 6.45) is 6.05. The minimum absolute atomic E-state index is 0.0300. The van der Waals surface area contributed by atoms with Crippen molar-refractivity contribution < 1.29 is 4.74 Å². The standard InChI is InChI=1S/C12H23N3O/c1-12(2,13-3)11-9-14-10-15(11)7-5-6-8-16-4/h9-10,13H,5-8H2,1-4H3. The molecule has 0 aromatic carbocycles. The average molecular weight is 225 g/mol. The van der Waals surface area contributed by atoms with Gasteiger partial charge in [0.2, 0.25) is 0 Å². The molecule has 1 heterocycles. The molecular weight excluding hydrogens is 202 g/mol. The highest BCUT2D eigenvalue weighted by Crippen LogP contribution is 2.19. The fourth-order valence-corrected chi connectivity index (χ4v) is 1.68. The van der Waals surface area contributed by atoms with E-state index in [-0.39, 0.29) is 5.54 Å². The van der Waals surface area contributed by atoms with Crippen LogP contribution in [-0.2, 0) is 16.8 Å². The predicted molar refractivity (Wildman–Crippen MR) is 65.4 cm³/mol. The van der Waals surface area contributed by atoms with E-state index in [1.54, 1.807) is 7.11 Å². The molecular formula is C12H23N3O. The first-order chi connectivity index (χ1) is 7.61. The molecule has 16 heavy (non-hydrogen) atoms. The van der Waals surface area contributed by atoms with E-state index in [1.165, 1.54) is 5.69 Å². The average Bonchev–Trinajstić information content (AvgIpc) is 2.73. The van der Waals surface area contributed by atoms with E-state index in [0.29, 0.717) is 0 Å². The summed E-state index contributed by atoms with van der Waals surface area (Å²) in [6, 6.07) is 0. The summed E-state index contributed by atoms with van der Waals surface area (Å²) in [5.41, 5.74) is 1.20. The van der Waals surface area contributed by atoms with Crippen molar-refractivity contribution >= 4 is 0 Å². The topological polar surface area (TPSA) is 39.1 Å². The molecule has 0 spiro atoms. The van der Waals surface area contributed by atoms with Gasteiger partial charge in [-0.05, 0) is 33.7 Å². The van der Waals surface area contributed by atoms with E-state index in [4.69, 9.17) is 4.74 Å². The summed E-state index contributed by atoms with van der Waals surface area (Å²) in [6.45, 7) is 6.16. The summed E-state index contributed by atoms with van der Waals surface area (Å²) in [4.78, 5) is 4.23. The number of aromatic nitrogens is 2. The zero-order chi connectivity index (χ0) is 12.0. The van der Waals surface area contributed by atoms with E-state index in [9.17, 15) is 0 Å². The fraction of sp³-hybridized carbons (Fsp3) is 0.750. The Balaban J connectivity index is 2.57.